The highest BCUT2D eigenvalue weighted by atomic mass is 32.2. The molecule has 4 rings (SSSR count). The normalized spacial score (nSPS) is 11.7. The van der Waals surface area contributed by atoms with Gasteiger partial charge in [-0.25, -0.2) is 8.42 Å². The summed E-state index contributed by atoms with van der Waals surface area (Å²) >= 11 is 0. The number of hydrogen-bond donors (Lipinski definition) is 4. The van der Waals surface area contributed by atoms with Gasteiger partial charge in [-0.1, -0.05) is 45.0 Å². The van der Waals surface area contributed by atoms with Crippen LogP contribution in [0.15, 0.2) is 71.6 Å². The fraction of sp³-hybridized carbons (Fsp3) is 0.267. The van der Waals surface area contributed by atoms with E-state index in [0.717, 1.165) is 11.1 Å². The quantitative estimate of drug-likeness (QED) is 0.218. The van der Waals surface area contributed by atoms with Gasteiger partial charge in [0, 0.05) is 42.2 Å². The number of hydrogen-bond acceptors (Lipinski definition) is 5. The monoisotopic (exact) mass is 562 g/mol. The number of anilines is 1. The molecule has 1 aromatic heterocycles. The van der Waals surface area contributed by atoms with Gasteiger partial charge in [0.05, 0.1) is 12.0 Å². The molecule has 4 N–H and O–H groups in total. The average molecular weight is 563 g/mol. The van der Waals surface area contributed by atoms with Crippen molar-refractivity contribution in [2.75, 3.05) is 24.9 Å². The molecule has 0 fully saturated rings. The second-order valence-corrected chi connectivity index (χ2v) is 12.2. The molecule has 0 saturated carbocycles. The Labute approximate surface area is 234 Å². The van der Waals surface area contributed by atoms with E-state index in [9.17, 15) is 18.0 Å². The van der Waals surface area contributed by atoms with E-state index < -0.39 is 10.0 Å². The summed E-state index contributed by atoms with van der Waals surface area (Å²) < 4.78 is 34.5. The predicted molar refractivity (Wildman–Crippen MR) is 157 cm³/mol. The Kier molecular flexibility index (Phi) is 8.20. The summed E-state index contributed by atoms with van der Waals surface area (Å²) in [5.41, 5.74) is 3.57. The molecule has 210 valence electrons. The maximum atomic E-state index is 13.2. The maximum absolute atomic E-state index is 13.2. The van der Waals surface area contributed by atoms with Crippen LogP contribution in [0.2, 0.25) is 0 Å². The molecule has 0 radical (unpaired) electrons. The van der Waals surface area contributed by atoms with Gasteiger partial charge in [0.25, 0.3) is 15.9 Å². The number of fused-ring (bicyclic) bond motifs is 1. The largest absolute Gasteiger partial charge is 0.497 e. The van der Waals surface area contributed by atoms with Crippen LogP contribution in [0.3, 0.4) is 0 Å². The van der Waals surface area contributed by atoms with Crippen molar-refractivity contribution in [3.05, 3.63) is 78.0 Å². The molecule has 0 saturated heterocycles. The lowest BCUT2D eigenvalue weighted by Crippen LogP contribution is -2.34. The molecule has 0 aliphatic heterocycles. The molecule has 3 aromatic carbocycles. The van der Waals surface area contributed by atoms with Crippen LogP contribution in [0.1, 0.15) is 43.7 Å². The van der Waals surface area contributed by atoms with Crippen molar-refractivity contribution < 1.29 is 22.7 Å². The van der Waals surface area contributed by atoms with Crippen LogP contribution in [-0.2, 0) is 20.2 Å². The molecule has 0 atom stereocenters. The van der Waals surface area contributed by atoms with Gasteiger partial charge in [-0.05, 0) is 59.0 Å². The SMILES string of the molecule is COc1cccc(-c2c(C(=O)NCCNC(C)=O)[nH]c3ccc(NS(=O)(=O)c4ccc(C(C)(C)C)cc4)cc23)c1. The number of sulfonamides is 1. The van der Waals surface area contributed by atoms with Gasteiger partial charge in [-0.3, -0.25) is 14.3 Å². The van der Waals surface area contributed by atoms with E-state index >= 15 is 0 Å². The second kappa shape index (κ2) is 11.4. The van der Waals surface area contributed by atoms with Gasteiger partial charge in [-0.2, -0.15) is 0 Å². The summed E-state index contributed by atoms with van der Waals surface area (Å²) in [6.45, 7) is 8.14. The van der Waals surface area contributed by atoms with Crippen LogP contribution in [0.4, 0.5) is 5.69 Å². The van der Waals surface area contributed by atoms with Crippen LogP contribution in [0.5, 0.6) is 5.75 Å². The lowest BCUT2D eigenvalue weighted by atomic mass is 9.87. The standard InChI is InChI=1S/C30H34N4O5S/c1-19(35)31-15-16-32-29(36)28-27(20-7-6-8-23(17-20)39-5)25-18-22(11-14-26(25)33-28)34-40(37,38)24-12-9-21(10-13-24)30(2,3)4/h6-14,17-18,33-34H,15-16H2,1-5H3,(H,31,35)(H,32,36). The zero-order valence-electron chi connectivity index (χ0n) is 23.2. The van der Waals surface area contributed by atoms with Crippen LogP contribution >= 0.6 is 0 Å². The number of methoxy groups -OCH3 is 1. The lowest BCUT2D eigenvalue weighted by molar-refractivity contribution is -0.118. The Balaban J connectivity index is 1.72. The van der Waals surface area contributed by atoms with Crippen LogP contribution in [0.25, 0.3) is 22.0 Å². The van der Waals surface area contributed by atoms with E-state index in [1.807, 2.05) is 30.3 Å². The van der Waals surface area contributed by atoms with Gasteiger partial charge in [-0.15, -0.1) is 0 Å². The number of benzene rings is 3. The van der Waals surface area contributed by atoms with Crippen molar-refractivity contribution in [1.29, 1.82) is 0 Å². The third-order valence-electron chi connectivity index (χ3n) is 6.45. The number of amides is 2. The van der Waals surface area contributed by atoms with Gasteiger partial charge in [0.1, 0.15) is 11.4 Å². The van der Waals surface area contributed by atoms with E-state index in [-0.39, 0.29) is 28.7 Å². The summed E-state index contributed by atoms with van der Waals surface area (Å²) in [5, 5.41) is 6.12. The van der Waals surface area contributed by atoms with Crippen molar-refractivity contribution >= 4 is 38.4 Å². The molecule has 4 aromatic rings. The molecule has 2 amide bonds. The van der Waals surface area contributed by atoms with E-state index in [1.54, 1.807) is 43.5 Å². The zero-order chi connectivity index (χ0) is 29.1. The maximum Gasteiger partial charge on any atom is 0.268 e. The minimum absolute atomic E-state index is 0.0977. The summed E-state index contributed by atoms with van der Waals surface area (Å²) in [7, 11) is -2.30. The van der Waals surface area contributed by atoms with Crippen molar-refractivity contribution in [3.63, 3.8) is 0 Å². The Hall–Kier alpha value is -4.31. The minimum atomic E-state index is -3.86. The van der Waals surface area contributed by atoms with Gasteiger partial charge < -0.3 is 20.4 Å². The number of carbonyl (C=O) groups excluding carboxylic acids is 2. The molecular formula is C30H34N4O5S. The van der Waals surface area contributed by atoms with Gasteiger partial charge in [0.15, 0.2) is 0 Å². The first-order valence-electron chi connectivity index (χ1n) is 12.9. The highest BCUT2D eigenvalue weighted by molar-refractivity contribution is 7.92. The Morgan fingerprint density at radius 2 is 1.62 bits per heavy atom. The van der Waals surface area contributed by atoms with E-state index in [1.165, 1.54) is 6.92 Å². The number of aromatic amines is 1. The molecular weight excluding hydrogens is 528 g/mol. The topological polar surface area (TPSA) is 129 Å². The number of carbonyl (C=O) groups is 2. The van der Waals surface area contributed by atoms with Crippen molar-refractivity contribution in [3.8, 4) is 16.9 Å². The van der Waals surface area contributed by atoms with E-state index in [2.05, 4.69) is 41.1 Å². The third-order valence-corrected chi connectivity index (χ3v) is 7.85. The van der Waals surface area contributed by atoms with Crippen molar-refractivity contribution in [1.82, 2.24) is 15.6 Å². The molecule has 0 bridgehead atoms. The Bertz CT molecular complexity index is 1650. The summed E-state index contributed by atoms with van der Waals surface area (Å²) in [6.07, 6.45) is 0. The first-order valence-corrected chi connectivity index (χ1v) is 14.3. The molecule has 0 aliphatic rings. The molecule has 1 heterocycles. The highest BCUT2D eigenvalue weighted by Gasteiger charge is 2.22. The molecule has 0 spiro atoms. The molecule has 9 nitrogen and oxygen atoms in total. The van der Waals surface area contributed by atoms with Crippen LogP contribution in [0, 0.1) is 0 Å². The van der Waals surface area contributed by atoms with Gasteiger partial charge >= 0.3 is 0 Å². The first kappa shape index (κ1) is 28.7. The predicted octanol–water partition coefficient (Wildman–Crippen LogP) is 4.81. The smallest absolute Gasteiger partial charge is 0.268 e. The number of H-pyrrole nitrogens is 1. The number of rotatable bonds is 9. The lowest BCUT2D eigenvalue weighted by Gasteiger charge is -2.19. The molecule has 40 heavy (non-hydrogen) atoms. The average Bonchev–Trinajstić information content (AvgIpc) is 3.29. The Morgan fingerprint density at radius 3 is 2.27 bits per heavy atom. The summed E-state index contributed by atoms with van der Waals surface area (Å²) in [4.78, 5) is 27.7. The minimum Gasteiger partial charge on any atom is -0.497 e. The molecule has 10 heteroatoms. The first-order chi connectivity index (χ1) is 18.9. The number of aromatic nitrogens is 1. The second-order valence-electron chi connectivity index (χ2n) is 10.5. The summed E-state index contributed by atoms with van der Waals surface area (Å²) in [5.74, 6) is 0.0666. The zero-order valence-corrected chi connectivity index (χ0v) is 24.0. The highest BCUT2D eigenvalue weighted by Crippen LogP contribution is 2.36. The number of nitrogens with one attached hydrogen (secondary N) is 4. The molecule has 0 unspecified atom stereocenters. The summed E-state index contributed by atoms with van der Waals surface area (Å²) in [6, 6.07) is 19.2. The molecule has 0 aliphatic carbocycles. The third kappa shape index (κ3) is 6.45. The van der Waals surface area contributed by atoms with Crippen LogP contribution < -0.4 is 20.1 Å². The van der Waals surface area contributed by atoms with E-state index in [4.69, 9.17) is 4.74 Å². The van der Waals surface area contributed by atoms with Gasteiger partial charge in [0.2, 0.25) is 5.91 Å². The van der Waals surface area contributed by atoms with Crippen molar-refractivity contribution in [2.45, 2.75) is 38.0 Å². The van der Waals surface area contributed by atoms with Crippen molar-refractivity contribution in [2.24, 2.45) is 0 Å². The fourth-order valence-electron chi connectivity index (χ4n) is 4.36. The Morgan fingerprint density at radius 1 is 0.925 bits per heavy atom. The van der Waals surface area contributed by atoms with E-state index in [0.29, 0.717) is 40.1 Å². The number of ether oxygens (including phenoxy) is 1. The fourth-order valence-corrected chi connectivity index (χ4v) is 5.40. The van der Waals surface area contributed by atoms with Crippen LogP contribution in [-0.4, -0.2) is 45.4 Å².